The number of nitrogens with zero attached hydrogens (tertiary/aromatic N) is 1. The van der Waals surface area contributed by atoms with Gasteiger partial charge in [0.1, 0.15) is 5.76 Å². The Morgan fingerprint density at radius 3 is 2.59 bits per heavy atom. The number of benzene rings is 1. The van der Waals surface area contributed by atoms with Gasteiger partial charge in [-0.05, 0) is 12.3 Å². The molecule has 2 aromatic rings. The van der Waals surface area contributed by atoms with Crippen molar-refractivity contribution in [2.75, 3.05) is 6.26 Å². The molecule has 3 nitrogen and oxygen atoms in total. The van der Waals surface area contributed by atoms with Gasteiger partial charge in [-0.3, -0.25) is 4.79 Å². The quantitative estimate of drug-likeness (QED) is 0.597. The van der Waals surface area contributed by atoms with Crippen LogP contribution in [0.25, 0.3) is 16.2 Å². The van der Waals surface area contributed by atoms with Crippen LogP contribution in [-0.4, -0.2) is 6.26 Å². The van der Waals surface area contributed by atoms with E-state index in [0.717, 1.165) is 5.56 Å². The summed E-state index contributed by atoms with van der Waals surface area (Å²) in [6, 6.07) is 11.1. The van der Waals surface area contributed by atoms with Crippen molar-refractivity contribution in [3.63, 3.8) is 0 Å². The van der Waals surface area contributed by atoms with E-state index < -0.39 is 5.63 Å². The molecule has 17 heavy (non-hydrogen) atoms. The molecule has 0 saturated carbocycles. The minimum absolute atomic E-state index is 0.0529. The first-order chi connectivity index (χ1) is 8.26. The molecular weight excluding hydrogens is 234 g/mol. The number of hydrogen-bond acceptors (Lipinski definition) is 3. The van der Waals surface area contributed by atoms with Gasteiger partial charge in [-0.15, -0.1) is 11.8 Å². The zero-order chi connectivity index (χ0) is 12.3. The van der Waals surface area contributed by atoms with Crippen molar-refractivity contribution in [3.05, 3.63) is 58.2 Å². The van der Waals surface area contributed by atoms with Crippen LogP contribution in [0.2, 0.25) is 0 Å². The Labute approximate surface area is 103 Å². The monoisotopic (exact) mass is 243 g/mol. The molecule has 0 atom stereocenters. The summed E-state index contributed by atoms with van der Waals surface area (Å²) in [7, 11) is 0. The SMILES string of the molecule is [C-]#[N+]c1c(SC)cc(-c2ccccc2)oc1=O. The Bertz CT molecular complexity index is 626. The molecular formula is C13H9NO2S. The Kier molecular flexibility index (Phi) is 3.31. The minimum Gasteiger partial charge on any atom is -0.431 e. The van der Waals surface area contributed by atoms with Gasteiger partial charge >= 0.3 is 5.63 Å². The van der Waals surface area contributed by atoms with Crippen molar-refractivity contribution in [2.24, 2.45) is 0 Å². The number of hydrogen-bond donors (Lipinski definition) is 0. The van der Waals surface area contributed by atoms with Gasteiger partial charge in [0, 0.05) is 10.5 Å². The topological polar surface area (TPSA) is 34.6 Å². The summed E-state index contributed by atoms with van der Waals surface area (Å²) in [6.07, 6.45) is 1.83. The summed E-state index contributed by atoms with van der Waals surface area (Å²) >= 11 is 1.37. The van der Waals surface area contributed by atoms with Crippen LogP contribution in [0.5, 0.6) is 0 Å². The molecule has 1 aromatic heterocycles. The van der Waals surface area contributed by atoms with Crippen LogP contribution >= 0.6 is 11.8 Å². The largest absolute Gasteiger partial charge is 0.431 e. The van der Waals surface area contributed by atoms with Crippen molar-refractivity contribution in [1.29, 1.82) is 0 Å². The minimum atomic E-state index is -0.578. The van der Waals surface area contributed by atoms with Gasteiger partial charge in [-0.2, -0.15) is 0 Å². The first kappa shape index (κ1) is 11.5. The summed E-state index contributed by atoms with van der Waals surface area (Å²) in [5.41, 5.74) is 0.305. The van der Waals surface area contributed by atoms with Crippen LogP contribution in [0.1, 0.15) is 0 Å². The average molecular weight is 243 g/mol. The maximum Gasteiger partial charge on any atom is 0.342 e. The summed E-state index contributed by atoms with van der Waals surface area (Å²) in [4.78, 5) is 15.5. The lowest BCUT2D eigenvalue weighted by atomic mass is 10.1. The van der Waals surface area contributed by atoms with Crippen molar-refractivity contribution in [3.8, 4) is 11.3 Å². The summed E-state index contributed by atoms with van der Waals surface area (Å²) in [5.74, 6) is 0.493. The van der Waals surface area contributed by atoms with Crippen LogP contribution in [-0.2, 0) is 0 Å². The molecule has 0 spiro atoms. The van der Waals surface area contributed by atoms with Gasteiger partial charge in [-0.25, -0.2) is 4.85 Å². The third-order valence-corrected chi connectivity index (χ3v) is 3.03. The van der Waals surface area contributed by atoms with Gasteiger partial charge < -0.3 is 4.42 Å². The molecule has 0 N–H and O–H groups in total. The summed E-state index contributed by atoms with van der Waals surface area (Å²) in [6.45, 7) is 6.96. The molecule has 84 valence electrons. The van der Waals surface area contributed by atoms with Crippen LogP contribution in [0.3, 0.4) is 0 Å². The van der Waals surface area contributed by atoms with Gasteiger partial charge in [0.25, 0.3) is 5.69 Å². The maximum absolute atomic E-state index is 11.6. The zero-order valence-corrected chi connectivity index (χ0v) is 9.95. The van der Waals surface area contributed by atoms with Crippen LogP contribution in [0.15, 0.2) is 50.5 Å². The molecule has 1 aromatic carbocycles. The van der Waals surface area contributed by atoms with E-state index >= 15 is 0 Å². The molecule has 0 aliphatic heterocycles. The lowest BCUT2D eigenvalue weighted by molar-refractivity contribution is 0.526. The molecule has 4 heteroatoms. The van der Waals surface area contributed by atoms with Gasteiger partial charge in [0.05, 0.1) is 6.57 Å². The van der Waals surface area contributed by atoms with Crippen LogP contribution < -0.4 is 5.63 Å². The fourth-order valence-corrected chi connectivity index (χ4v) is 2.01. The van der Waals surface area contributed by atoms with Gasteiger partial charge in [0.15, 0.2) is 0 Å². The normalized spacial score (nSPS) is 9.88. The third-order valence-electron chi connectivity index (χ3n) is 2.28. The second kappa shape index (κ2) is 4.89. The fourth-order valence-electron chi connectivity index (χ4n) is 1.47. The van der Waals surface area contributed by atoms with Crippen molar-refractivity contribution < 1.29 is 4.42 Å². The highest BCUT2D eigenvalue weighted by Gasteiger charge is 2.11. The zero-order valence-electron chi connectivity index (χ0n) is 9.14. The highest BCUT2D eigenvalue weighted by atomic mass is 32.2. The molecule has 0 radical (unpaired) electrons. The van der Waals surface area contributed by atoms with E-state index in [9.17, 15) is 4.79 Å². The lowest BCUT2D eigenvalue weighted by Crippen LogP contribution is -1.99. The van der Waals surface area contributed by atoms with Gasteiger partial charge in [0.2, 0.25) is 0 Å². The van der Waals surface area contributed by atoms with Crippen LogP contribution in [0, 0.1) is 6.57 Å². The maximum atomic E-state index is 11.6. The van der Waals surface area contributed by atoms with E-state index in [1.54, 1.807) is 6.07 Å². The van der Waals surface area contributed by atoms with Crippen molar-refractivity contribution in [2.45, 2.75) is 4.90 Å². The Morgan fingerprint density at radius 2 is 2.00 bits per heavy atom. The Morgan fingerprint density at radius 1 is 1.29 bits per heavy atom. The molecule has 0 aliphatic rings. The van der Waals surface area contributed by atoms with E-state index in [2.05, 4.69) is 4.85 Å². The second-order valence-corrected chi connectivity index (χ2v) is 4.14. The molecule has 0 amide bonds. The Hall–Kier alpha value is -1.99. The molecule has 0 bridgehead atoms. The van der Waals surface area contributed by atoms with E-state index in [1.165, 1.54) is 11.8 Å². The number of thioether (sulfide) groups is 1. The molecule has 0 aliphatic carbocycles. The second-order valence-electron chi connectivity index (χ2n) is 3.29. The highest BCUT2D eigenvalue weighted by Crippen LogP contribution is 2.29. The lowest BCUT2D eigenvalue weighted by Gasteiger charge is -2.03. The van der Waals surface area contributed by atoms with E-state index in [-0.39, 0.29) is 5.69 Å². The van der Waals surface area contributed by atoms with E-state index in [1.807, 2.05) is 36.6 Å². The number of rotatable bonds is 2. The molecule has 0 saturated heterocycles. The van der Waals surface area contributed by atoms with Crippen molar-refractivity contribution >= 4 is 17.4 Å². The fraction of sp³-hybridized carbons (Fsp3) is 0.0769. The molecule has 0 fully saturated rings. The van der Waals surface area contributed by atoms with Crippen LogP contribution in [0.4, 0.5) is 5.69 Å². The standard InChI is InChI=1S/C13H9NO2S/c1-14-12-11(17-2)8-10(16-13(12)15)9-6-4-3-5-7-9/h3-8H,2H3. The smallest absolute Gasteiger partial charge is 0.342 e. The predicted molar refractivity (Wildman–Crippen MR) is 68.5 cm³/mol. The van der Waals surface area contributed by atoms with E-state index in [4.69, 9.17) is 11.0 Å². The summed E-state index contributed by atoms with van der Waals surface area (Å²) < 4.78 is 5.15. The first-order valence-electron chi connectivity index (χ1n) is 4.91. The molecule has 2 rings (SSSR count). The highest BCUT2D eigenvalue weighted by molar-refractivity contribution is 7.98. The van der Waals surface area contributed by atoms with E-state index in [0.29, 0.717) is 10.7 Å². The average Bonchev–Trinajstić information content (AvgIpc) is 2.38. The van der Waals surface area contributed by atoms with Crippen molar-refractivity contribution in [1.82, 2.24) is 0 Å². The molecule has 0 unspecified atom stereocenters. The Balaban J connectivity index is 2.64. The predicted octanol–water partition coefficient (Wildman–Crippen LogP) is 3.58. The third kappa shape index (κ3) is 2.24. The first-order valence-corrected chi connectivity index (χ1v) is 6.13. The summed E-state index contributed by atoms with van der Waals surface area (Å²) in [5, 5.41) is 0. The van der Waals surface area contributed by atoms with Gasteiger partial charge in [-0.1, -0.05) is 30.3 Å². The molecule has 1 heterocycles.